The number of ether oxygens (including phenoxy) is 1. The molecule has 0 aromatic carbocycles. The average Bonchev–Trinajstić information content (AvgIpc) is 2.32. The first-order valence-electron chi connectivity index (χ1n) is 5.73. The molecule has 1 fully saturated rings. The molecule has 88 valence electrons. The third-order valence-electron chi connectivity index (χ3n) is 2.79. The number of nitrogen functional groups attached to an aromatic ring is 1. The number of nitrogens with two attached hydrogens (primary N) is 1. The van der Waals surface area contributed by atoms with E-state index in [2.05, 4.69) is 14.9 Å². The van der Waals surface area contributed by atoms with Gasteiger partial charge in [0.05, 0.1) is 24.2 Å². The highest BCUT2D eigenvalue weighted by Gasteiger charge is 2.20. The molecule has 5 nitrogen and oxygen atoms in total. The summed E-state index contributed by atoms with van der Waals surface area (Å²) in [5, 5.41) is 0. The molecule has 0 amide bonds. The van der Waals surface area contributed by atoms with Gasteiger partial charge in [-0.25, -0.2) is 9.97 Å². The molecule has 1 saturated heterocycles. The van der Waals surface area contributed by atoms with E-state index in [1.54, 1.807) is 12.4 Å². The Morgan fingerprint density at radius 2 is 2.00 bits per heavy atom. The highest BCUT2D eigenvalue weighted by atomic mass is 16.5. The lowest BCUT2D eigenvalue weighted by Gasteiger charge is -2.31. The maximum atomic E-state index is 5.60. The van der Waals surface area contributed by atoms with Crippen molar-refractivity contribution >= 4 is 11.6 Å². The van der Waals surface area contributed by atoms with E-state index >= 15 is 0 Å². The molecule has 1 aliphatic heterocycles. The SMILES string of the molecule is CCOC1CCN(c2ncc(N)cn2)CC1. The zero-order valence-corrected chi connectivity index (χ0v) is 9.59. The van der Waals surface area contributed by atoms with Crippen LogP contribution < -0.4 is 10.6 Å². The minimum Gasteiger partial charge on any atom is -0.396 e. The smallest absolute Gasteiger partial charge is 0.225 e. The lowest BCUT2D eigenvalue weighted by Crippen LogP contribution is -2.38. The normalized spacial score (nSPS) is 17.7. The van der Waals surface area contributed by atoms with Gasteiger partial charge in [0.25, 0.3) is 0 Å². The van der Waals surface area contributed by atoms with Crippen LogP contribution in [0.5, 0.6) is 0 Å². The minimum atomic E-state index is 0.398. The lowest BCUT2D eigenvalue weighted by atomic mass is 10.1. The summed E-state index contributed by atoms with van der Waals surface area (Å²) in [5.74, 6) is 0.768. The topological polar surface area (TPSA) is 64.3 Å². The molecule has 0 saturated carbocycles. The summed E-state index contributed by atoms with van der Waals surface area (Å²) in [7, 11) is 0. The number of nitrogens with zero attached hydrogens (tertiary/aromatic N) is 3. The number of piperidine rings is 1. The molecule has 5 heteroatoms. The van der Waals surface area contributed by atoms with Gasteiger partial charge in [-0.3, -0.25) is 0 Å². The average molecular weight is 222 g/mol. The van der Waals surface area contributed by atoms with E-state index in [1.807, 2.05) is 6.92 Å². The molecule has 1 aromatic heterocycles. The quantitative estimate of drug-likeness (QED) is 0.828. The third kappa shape index (κ3) is 2.61. The van der Waals surface area contributed by atoms with Crippen molar-refractivity contribution in [1.29, 1.82) is 0 Å². The van der Waals surface area contributed by atoms with E-state index in [0.29, 0.717) is 11.8 Å². The van der Waals surface area contributed by atoms with Crippen molar-refractivity contribution in [2.45, 2.75) is 25.9 Å². The lowest BCUT2D eigenvalue weighted by molar-refractivity contribution is 0.0457. The Labute approximate surface area is 95.6 Å². The first-order valence-corrected chi connectivity index (χ1v) is 5.73. The molecule has 2 rings (SSSR count). The van der Waals surface area contributed by atoms with Crippen LogP contribution in [0.2, 0.25) is 0 Å². The van der Waals surface area contributed by atoms with E-state index in [-0.39, 0.29) is 0 Å². The van der Waals surface area contributed by atoms with Gasteiger partial charge in [0.1, 0.15) is 0 Å². The Kier molecular flexibility index (Phi) is 3.56. The van der Waals surface area contributed by atoms with Crippen molar-refractivity contribution < 1.29 is 4.74 Å². The van der Waals surface area contributed by atoms with Crippen LogP contribution in [0.1, 0.15) is 19.8 Å². The molecule has 1 aromatic rings. The fourth-order valence-corrected chi connectivity index (χ4v) is 1.95. The van der Waals surface area contributed by atoms with Gasteiger partial charge in [0.2, 0.25) is 5.95 Å². The number of hydrogen-bond acceptors (Lipinski definition) is 5. The van der Waals surface area contributed by atoms with Gasteiger partial charge in [0.15, 0.2) is 0 Å². The molecule has 1 aliphatic rings. The Morgan fingerprint density at radius 3 is 2.56 bits per heavy atom. The Bertz CT molecular complexity index is 319. The van der Waals surface area contributed by atoms with Crippen molar-refractivity contribution in [3.63, 3.8) is 0 Å². The molecule has 0 atom stereocenters. The second-order valence-electron chi connectivity index (χ2n) is 3.96. The maximum absolute atomic E-state index is 5.60. The molecular weight excluding hydrogens is 204 g/mol. The molecule has 2 heterocycles. The fraction of sp³-hybridized carbons (Fsp3) is 0.636. The van der Waals surface area contributed by atoms with Gasteiger partial charge in [-0.05, 0) is 19.8 Å². The van der Waals surface area contributed by atoms with Crippen molar-refractivity contribution in [2.24, 2.45) is 0 Å². The maximum Gasteiger partial charge on any atom is 0.225 e. The van der Waals surface area contributed by atoms with E-state index in [0.717, 1.165) is 38.5 Å². The number of aromatic nitrogens is 2. The van der Waals surface area contributed by atoms with Crippen LogP contribution in [-0.4, -0.2) is 35.8 Å². The second-order valence-corrected chi connectivity index (χ2v) is 3.96. The van der Waals surface area contributed by atoms with Crippen LogP contribution in [0, 0.1) is 0 Å². The first-order chi connectivity index (χ1) is 7.79. The van der Waals surface area contributed by atoms with Gasteiger partial charge >= 0.3 is 0 Å². The van der Waals surface area contributed by atoms with Crippen LogP contribution in [0.4, 0.5) is 11.6 Å². The van der Waals surface area contributed by atoms with Crippen molar-refractivity contribution in [3.8, 4) is 0 Å². The summed E-state index contributed by atoms with van der Waals surface area (Å²) in [6, 6.07) is 0. The molecule has 0 bridgehead atoms. The van der Waals surface area contributed by atoms with Crippen LogP contribution in [0.25, 0.3) is 0 Å². The molecule has 0 spiro atoms. The summed E-state index contributed by atoms with van der Waals surface area (Å²) in [5.41, 5.74) is 6.16. The molecule has 16 heavy (non-hydrogen) atoms. The van der Waals surface area contributed by atoms with Gasteiger partial charge in [-0.2, -0.15) is 0 Å². The minimum absolute atomic E-state index is 0.398. The van der Waals surface area contributed by atoms with Crippen LogP contribution in [0.3, 0.4) is 0 Å². The first kappa shape index (κ1) is 11.1. The second kappa shape index (κ2) is 5.12. The van der Waals surface area contributed by atoms with Crippen LogP contribution in [0.15, 0.2) is 12.4 Å². The fourth-order valence-electron chi connectivity index (χ4n) is 1.95. The van der Waals surface area contributed by atoms with E-state index in [1.165, 1.54) is 0 Å². The molecular formula is C11H18N4O. The zero-order chi connectivity index (χ0) is 11.4. The number of hydrogen-bond donors (Lipinski definition) is 1. The van der Waals surface area contributed by atoms with E-state index < -0.39 is 0 Å². The van der Waals surface area contributed by atoms with Gasteiger partial charge in [0, 0.05) is 19.7 Å². The third-order valence-corrected chi connectivity index (χ3v) is 2.79. The highest BCUT2D eigenvalue weighted by Crippen LogP contribution is 2.17. The summed E-state index contributed by atoms with van der Waals surface area (Å²) in [6.07, 6.45) is 5.78. The number of anilines is 2. The monoisotopic (exact) mass is 222 g/mol. The Balaban J connectivity index is 1.91. The highest BCUT2D eigenvalue weighted by molar-refractivity contribution is 5.38. The number of rotatable bonds is 3. The van der Waals surface area contributed by atoms with Crippen LogP contribution in [-0.2, 0) is 4.74 Å². The summed E-state index contributed by atoms with van der Waals surface area (Å²) < 4.78 is 5.60. The Morgan fingerprint density at radius 1 is 1.38 bits per heavy atom. The van der Waals surface area contributed by atoms with Crippen molar-refractivity contribution in [1.82, 2.24) is 9.97 Å². The summed E-state index contributed by atoms with van der Waals surface area (Å²) in [6.45, 7) is 4.74. The van der Waals surface area contributed by atoms with Crippen molar-refractivity contribution in [3.05, 3.63) is 12.4 Å². The zero-order valence-electron chi connectivity index (χ0n) is 9.59. The van der Waals surface area contributed by atoms with E-state index in [9.17, 15) is 0 Å². The molecule has 0 radical (unpaired) electrons. The Hall–Kier alpha value is -1.36. The predicted molar refractivity (Wildman–Crippen MR) is 63.3 cm³/mol. The van der Waals surface area contributed by atoms with Gasteiger partial charge in [-0.1, -0.05) is 0 Å². The van der Waals surface area contributed by atoms with E-state index in [4.69, 9.17) is 10.5 Å². The molecule has 0 aliphatic carbocycles. The summed E-state index contributed by atoms with van der Waals surface area (Å²) in [4.78, 5) is 10.6. The van der Waals surface area contributed by atoms with Crippen LogP contribution >= 0.6 is 0 Å². The van der Waals surface area contributed by atoms with Gasteiger partial charge in [-0.15, -0.1) is 0 Å². The predicted octanol–water partition coefficient (Wildman–Crippen LogP) is 1.06. The largest absolute Gasteiger partial charge is 0.396 e. The van der Waals surface area contributed by atoms with Gasteiger partial charge < -0.3 is 15.4 Å². The molecule has 0 unspecified atom stereocenters. The standard InChI is InChI=1S/C11H18N4O/c1-2-16-10-3-5-15(6-4-10)11-13-7-9(12)8-14-11/h7-8,10H,2-6,12H2,1H3. The summed E-state index contributed by atoms with van der Waals surface area (Å²) >= 11 is 0. The van der Waals surface area contributed by atoms with Crippen molar-refractivity contribution in [2.75, 3.05) is 30.3 Å². The molecule has 2 N–H and O–H groups in total.